The Morgan fingerprint density at radius 2 is 0.870 bits per heavy atom. The van der Waals surface area contributed by atoms with Gasteiger partial charge in [0, 0.05) is 39.3 Å². The zero-order valence-electron chi connectivity index (χ0n) is 56.1. The third-order valence-electron chi connectivity index (χ3n) is 17.3. The lowest BCUT2D eigenvalue weighted by Crippen LogP contribution is -2.60. The van der Waals surface area contributed by atoms with Gasteiger partial charge in [0.15, 0.2) is 0 Å². The van der Waals surface area contributed by atoms with Crippen LogP contribution in [0.2, 0.25) is 0 Å². The fourth-order valence-corrected chi connectivity index (χ4v) is 14.7. The molecular weight excluding hydrogens is 1220 g/mol. The minimum atomic E-state index is -4.66. The molecule has 6 N–H and O–H groups in total. The summed E-state index contributed by atoms with van der Waals surface area (Å²) in [5.74, 6) is -3.87. The lowest BCUT2D eigenvalue weighted by molar-refractivity contribution is -0.144. The van der Waals surface area contributed by atoms with Crippen molar-refractivity contribution in [2.75, 3.05) is 27.2 Å². The van der Waals surface area contributed by atoms with Crippen LogP contribution in [0.4, 0.5) is 9.59 Å². The number of likely N-dealkylation sites (N-methyl/N-ethyl adjacent to an activating group) is 2. The van der Waals surface area contributed by atoms with E-state index in [1.54, 1.807) is 83.1 Å². The Morgan fingerprint density at radius 3 is 1.21 bits per heavy atom. The fraction of sp³-hybridized carbons (Fsp3) is 0.606. The standard InChI is InChI=1S/C66H96N10O14S2/c1-39(73(15)61(83)89-65(9,10)11)55(77)69-53(63(3,4)5)59(81)75-37-43(34-51(75)57(79)67-49-32-21-26-41-24-17-19-30-47(41)49)71-91(85,86)45-28-23-29-46(36-45)92(87,88)72-44-35-52(58(80)68-50-33-22-27-42-25-18-20-31-48(42)50)76(38-44)60(82)54(64(6,7)8)70-56(78)40(2)74(16)62(84)90-66(12,13)14/h17-20,23-25,28-31,36,39-40,43-44,49-54,71-72H,21-22,26-27,32-35,37-38H2,1-16H3,(H,67,79)(H,68,80)(H,69,77)(H,70,78)/t39-,40-,43-,44-,49+,50+,51-,52-,53+,54+/m0/s1. The number of benzene rings is 3. The van der Waals surface area contributed by atoms with Gasteiger partial charge in [-0.2, -0.15) is 0 Å². The number of fused-ring (bicyclic) bond motifs is 2. The van der Waals surface area contributed by atoms with Gasteiger partial charge in [-0.1, -0.05) is 96.1 Å². The predicted molar refractivity (Wildman–Crippen MR) is 345 cm³/mol. The van der Waals surface area contributed by atoms with E-state index >= 15 is 9.59 Å². The Kier molecular flexibility index (Phi) is 22.2. The molecule has 0 radical (unpaired) electrons. The molecule has 2 fully saturated rings. The van der Waals surface area contributed by atoms with E-state index in [2.05, 4.69) is 30.7 Å². The van der Waals surface area contributed by atoms with Crippen LogP contribution in [0.25, 0.3) is 0 Å². The van der Waals surface area contributed by atoms with Gasteiger partial charge in [-0.25, -0.2) is 35.9 Å². The molecule has 3 aromatic rings. The molecule has 0 aromatic heterocycles. The van der Waals surface area contributed by atoms with Gasteiger partial charge in [0.05, 0.1) is 21.9 Å². The Hall–Kier alpha value is -7.16. The van der Waals surface area contributed by atoms with E-state index in [1.807, 2.05) is 48.5 Å². The maximum absolute atomic E-state index is 15.1. The van der Waals surface area contributed by atoms with Gasteiger partial charge in [-0.15, -0.1) is 0 Å². The second-order valence-corrected chi connectivity index (χ2v) is 32.5. The molecule has 0 bridgehead atoms. The molecule has 2 heterocycles. The van der Waals surface area contributed by atoms with Crippen LogP contribution in [0.15, 0.2) is 82.6 Å². The number of ether oxygens (including phenoxy) is 2. The summed E-state index contributed by atoms with van der Waals surface area (Å²) in [4.78, 5) is 117. The minimum absolute atomic E-state index is 0.214. The maximum atomic E-state index is 15.1. The summed E-state index contributed by atoms with van der Waals surface area (Å²) < 4.78 is 74.7. The second-order valence-electron chi connectivity index (χ2n) is 29.0. The zero-order valence-corrected chi connectivity index (χ0v) is 57.7. The summed E-state index contributed by atoms with van der Waals surface area (Å²) in [7, 11) is -6.54. The molecule has 0 spiro atoms. The Morgan fingerprint density at radius 1 is 0.522 bits per heavy atom. The number of sulfonamides is 2. The molecule has 92 heavy (non-hydrogen) atoms. The predicted octanol–water partition coefficient (Wildman–Crippen LogP) is 6.14. The molecule has 2 saturated heterocycles. The van der Waals surface area contributed by atoms with Gasteiger partial charge in [0.2, 0.25) is 55.5 Å². The summed E-state index contributed by atoms with van der Waals surface area (Å²) in [6.45, 7) is 22.7. The molecule has 10 atom stereocenters. The molecule has 3 aromatic carbocycles. The van der Waals surface area contributed by atoms with Crippen LogP contribution >= 0.6 is 0 Å². The van der Waals surface area contributed by atoms with Crippen LogP contribution in [-0.4, -0.2) is 171 Å². The van der Waals surface area contributed by atoms with E-state index in [4.69, 9.17) is 9.47 Å². The third-order valence-corrected chi connectivity index (χ3v) is 20.3. The van der Waals surface area contributed by atoms with Crippen molar-refractivity contribution < 1.29 is 64.7 Å². The molecule has 0 unspecified atom stereocenters. The minimum Gasteiger partial charge on any atom is -0.444 e. The van der Waals surface area contributed by atoms with Crippen LogP contribution in [-0.2, 0) is 71.1 Å². The molecule has 506 valence electrons. The summed E-state index contributed by atoms with van der Waals surface area (Å²) in [5, 5.41) is 11.9. The number of rotatable bonds is 18. The van der Waals surface area contributed by atoms with Crippen molar-refractivity contribution >= 4 is 67.7 Å². The third kappa shape index (κ3) is 17.7. The average molecular weight is 1320 g/mol. The van der Waals surface area contributed by atoms with Gasteiger partial charge in [-0.3, -0.25) is 38.6 Å². The van der Waals surface area contributed by atoms with E-state index < -0.39 is 160 Å². The van der Waals surface area contributed by atoms with Crippen LogP contribution in [0, 0.1) is 10.8 Å². The van der Waals surface area contributed by atoms with E-state index in [0.29, 0.717) is 12.8 Å². The number of hydrogen-bond acceptors (Lipinski definition) is 14. The van der Waals surface area contributed by atoms with E-state index in [-0.39, 0.29) is 25.9 Å². The summed E-state index contributed by atoms with van der Waals surface area (Å²) in [6, 6.07) is 9.62. The highest BCUT2D eigenvalue weighted by Gasteiger charge is 2.49. The number of hydrogen-bond donors (Lipinski definition) is 6. The summed E-state index contributed by atoms with van der Waals surface area (Å²) >= 11 is 0. The highest BCUT2D eigenvalue weighted by molar-refractivity contribution is 7.90. The molecule has 4 aliphatic rings. The molecular formula is C66H96N10O14S2. The lowest BCUT2D eigenvalue weighted by Gasteiger charge is -2.37. The Labute approximate surface area is 542 Å². The number of aryl methyl sites for hydroxylation is 2. The fourth-order valence-electron chi connectivity index (χ4n) is 12.0. The number of carbonyl (C=O) groups excluding carboxylic acids is 8. The van der Waals surface area contributed by atoms with Crippen LogP contribution in [0.5, 0.6) is 0 Å². The van der Waals surface area contributed by atoms with Crippen LogP contribution in [0.3, 0.4) is 0 Å². The topological polar surface area (TPSA) is 308 Å². The van der Waals surface area contributed by atoms with Crippen molar-refractivity contribution in [2.24, 2.45) is 10.8 Å². The second kappa shape index (κ2) is 28.2. The molecule has 26 heteroatoms. The number of carbonyl (C=O) groups is 8. The molecule has 24 nitrogen and oxygen atoms in total. The lowest BCUT2D eigenvalue weighted by atomic mass is 9.85. The van der Waals surface area contributed by atoms with Crippen molar-refractivity contribution in [1.82, 2.24) is 50.3 Å². The first-order valence-electron chi connectivity index (χ1n) is 31.6. The van der Waals surface area contributed by atoms with Crippen molar-refractivity contribution in [2.45, 2.75) is 230 Å². The number of amides is 8. The van der Waals surface area contributed by atoms with Crippen LogP contribution < -0.4 is 30.7 Å². The van der Waals surface area contributed by atoms with Crippen molar-refractivity contribution in [3.05, 3.63) is 95.1 Å². The summed E-state index contributed by atoms with van der Waals surface area (Å²) in [6.07, 6.45) is 2.42. The number of nitrogens with zero attached hydrogens (tertiary/aromatic N) is 4. The van der Waals surface area contributed by atoms with Crippen molar-refractivity contribution in [3.63, 3.8) is 0 Å². The molecule has 7 rings (SSSR count). The first-order chi connectivity index (χ1) is 42.6. The highest BCUT2D eigenvalue weighted by Crippen LogP contribution is 2.35. The largest absolute Gasteiger partial charge is 0.444 e. The molecule has 0 saturated carbocycles. The van der Waals surface area contributed by atoms with Gasteiger partial charge in [-0.05, 0) is 158 Å². The maximum Gasteiger partial charge on any atom is 0.410 e. The average Bonchev–Trinajstić information content (AvgIpc) is 1.57. The Balaban J connectivity index is 1.14. The quantitative estimate of drug-likeness (QED) is 0.0834. The zero-order chi connectivity index (χ0) is 68.4. The van der Waals surface area contributed by atoms with Gasteiger partial charge in [0.1, 0.15) is 47.5 Å². The van der Waals surface area contributed by atoms with Crippen molar-refractivity contribution in [1.29, 1.82) is 0 Å². The van der Waals surface area contributed by atoms with Crippen molar-refractivity contribution in [3.8, 4) is 0 Å². The number of likely N-dealkylation sites (tertiary alicyclic amines) is 2. The molecule has 2 aliphatic carbocycles. The first-order valence-corrected chi connectivity index (χ1v) is 34.6. The molecule has 2 aliphatic heterocycles. The van der Waals surface area contributed by atoms with E-state index in [0.717, 1.165) is 63.8 Å². The first kappa shape index (κ1) is 72.3. The molecule has 8 amide bonds. The van der Waals surface area contributed by atoms with Gasteiger partial charge < -0.3 is 40.5 Å². The SMILES string of the molecule is C[C@@H](C(=O)N[C@H](C(=O)N1C[C@@H](NS(=O)(=O)c2cccc(S(=O)(=O)N[C@H]3C[C@@H](C(=O)N[C@@H]4CCCc5ccccc54)N(C(=O)[C@@H](NC(=O)[C@H](C)N(C)C(=O)OC(C)(C)C)C(C)(C)C)C3)c2)C[C@H]1C(=O)N[C@@H]1CCCc2ccccc21)C(C)(C)C)N(C)C(=O)OC(C)(C)C. The van der Waals surface area contributed by atoms with E-state index in [9.17, 15) is 45.6 Å². The normalized spacial score (nSPS) is 21.7. The van der Waals surface area contributed by atoms with Gasteiger partial charge >= 0.3 is 12.2 Å². The smallest absolute Gasteiger partial charge is 0.410 e. The Bertz CT molecular complexity index is 3280. The monoisotopic (exact) mass is 1320 g/mol. The van der Waals surface area contributed by atoms with E-state index in [1.165, 1.54) is 55.9 Å². The highest BCUT2D eigenvalue weighted by atomic mass is 32.2. The van der Waals surface area contributed by atoms with Crippen LogP contribution in [0.1, 0.15) is 170 Å². The van der Waals surface area contributed by atoms with Gasteiger partial charge in [0.25, 0.3) is 0 Å². The number of nitrogens with one attached hydrogen (secondary N) is 6. The summed E-state index contributed by atoms with van der Waals surface area (Å²) in [5.41, 5.74) is 0.258.